The molecule has 0 bridgehead atoms. The van der Waals surface area contributed by atoms with Crippen molar-refractivity contribution in [2.24, 2.45) is 0 Å². The standard InChI is InChI=1S/C18H30S/c1-5-6-7-11-16-19(3,4)17(2)14-15-18-12-9-8-10-13-18/h5,8-10,12-13,17H,1,6-7,11,14-16H2,2-4H3. The summed E-state index contributed by atoms with van der Waals surface area (Å²) in [5, 5.41) is 0.858. The molecule has 0 aliphatic rings. The second-order valence-electron chi connectivity index (χ2n) is 5.95. The van der Waals surface area contributed by atoms with Crippen LogP contribution in [0.5, 0.6) is 0 Å². The fourth-order valence-electron chi connectivity index (χ4n) is 2.30. The van der Waals surface area contributed by atoms with Crippen molar-refractivity contribution in [2.75, 3.05) is 18.3 Å². The molecule has 1 aromatic rings. The first-order valence-corrected chi connectivity index (χ1v) is 10.1. The number of allylic oxidation sites excluding steroid dienone is 1. The fourth-order valence-corrected chi connectivity index (χ4v) is 4.40. The Morgan fingerprint density at radius 3 is 2.47 bits per heavy atom. The van der Waals surface area contributed by atoms with Gasteiger partial charge in [-0.2, -0.15) is 0 Å². The molecule has 108 valence electrons. The van der Waals surface area contributed by atoms with Crippen LogP contribution in [0.25, 0.3) is 0 Å². The summed E-state index contributed by atoms with van der Waals surface area (Å²) >= 11 is 0. The summed E-state index contributed by atoms with van der Waals surface area (Å²) in [7, 11) is -0.445. The van der Waals surface area contributed by atoms with Gasteiger partial charge in [0.25, 0.3) is 0 Å². The number of unbranched alkanes of at least 4 members (excludes halogenated alkanes) is 2. The lowest BCUT2D eigenvalue weighted by Crippen LogP contribution is -2.17. The second-order valence-corrected chi connectivity index (χ2v) is 10.4. The van der Waals surface area contributed by atoms with E-state index in [4.69, 9.17) is 0 Å². The zero-order valence-corrected chi connectivity index (χ0v) is 13.7. The van der Waals surface area contributed by atoms with E-state index < -0.39 is 10.0 Å². The fraction of sp³-hybridized carbons (Fsp3) is 0.556. The van der Waals surface area contributed by atoms with E-state index in [0.29, 0.717) is 0 Å². The summed E-state index contributed by atoms with van der Waals surface area (Å²) in [5.41, 5.74) is 1.48. The van der Waals surface area contributed by atoms with Gasteiger partial charge in [0.1, 0.15) is 0 Å². The van der Waals surface area contributed by atoms with Crippen molar-refractivity contribution >= 4 is 10.0 Å². The highest BCUT2D eigenvalue weighted by atomic mass is 32.3. The molecule has 0 aromatic heterocycles. The van der Waals surface area contributed by atoms with Gasteiger partial charge in [0, 0.05) is 0 Å². The van der Waals surface area contributed by atoms with E-state index in [-0.39, 0.29) is 0 Å². The van der Waals surface area contributed by atoms with Crippen LogP contribution in [0, 0.1) is 0 Å². The minimum absolute atomic E-state index is 0.445. The Hall–Kier alpha value is -0.690. The predicted octanol–water partition coefficient (Wildman–Crippen LogP) is 5.43. The summed E-state index contributed by atoms with van der Waals surface area (Å²) in [6, 6.07) is 10.9. The number of benzene rings is 1. The molecule has 0 saturated carbocycles. The van der Waals surface area contributed by atoms with Crippen LogP contribution in [-0.4, -0.2) is 23.5 Å². The van der Waals surface area contributed by atoms with Gasteiger partial charge >= 0.3 is 0 Å². The van der Waals surface area contributed by atoms with Crippen molar-refractivity contribution in [1.29, 1.82) is 0 Å². The van der Waals surface area contributed by atoms with E-state index in [0.717, 1.165) is 5.25 Å². The lowest BCUT2D eigenvalue weighted by molar-refractivity contribution is 0.785. The maximum absolute atomic E-state index is 3.80. The Kier molecular flexibility index (Phi) is 7.30. The zero-order valence-electron chi connectivity index (χ0n) is 12.9. The van der Waals surface area contributed by atoms with Gasteiger partial charge in [0.05, 0.1) is 0 Å². The highest BCUT2D eigenvalue weighted by Crippen LogP contribution is 2.47. The monoisotopic (exact) mass is 278 g/mol. The first-order chi connectivity index (χ1) is 9.06. The van der Waals surface area contributed by atoms with Crippen LogP contribution in [0.2, 0.25) is 0 Å². The summed E-state index contributed by atoms with van der Waals surface area (Å²) in [5.74, 6) is 1.41. The molecule has 0 spiro atoms. The summed E-state index contributed by atoms with van der Waals surface area (Å²) in [6.07, 6.45) is 13.5. The summed E-state index contributed by atoms with van der Waals surface area (Å²) in [4.78, 5) is 0. The van der Waals surface area contributed by atoms with Gasteiger partial charge in [-0.05, 0) is 61.2 Å². The lowest BCUT2D eigenvalue weighted by Gasteiger charge is -2.38. The van der Waals surface area contributed by atoms with E-state index >= 15 is 0 Å². The molecular formula is C18H30S. The number of hydrogen-bond donors (Lipinski definition) is 0. The topological polar surface area (TPSA) is 0 Å². The lowest BCUT2D eigenvalue weighted by atomic mass is 10.1. The van der Waals surface area contributed by atoms with Gasteiger partial charge in [-0.25, -0.2) is 10.0 Å². The molecule has 0 saturated heterocycles. The van der Waals surface area contributed by atoms with Crippen molar-refractivity contribution in [3.63, 3.8) is 0 Å². The molecule has 0 fully saturated rings. The molecule has 0 radical (unpaired) electrons. The minimum atomic E-state index is -0.445. The normalized spacial score (nSPS) is 14.1. The third-order valence-corrected chi connectivity index (χ3v) is 7.86. The first-order valence-electron chi connectivity index (χ1n) is 7.41. The summed E-state index contributed by atoms with van der Waals surface area (Å²) in [6.45, 7) is 6.25. The van der Waals surface area contributed by atoms with Crippen LogP contribution in [-0.2, 0) is 6.42 Å². The van der Waals surface area contributed by atoms with Gasteiger partial charge < -0.3 is 0 Å². The van der Waals surface area contributed by atoms with E-state index in [1.807, 2.05) is 6.08 Å². The Morgan fingerprint density at radius 1 is 1.16 bits per heavy atom. The third-order valence-electron chi connectivity index (χ3n) is 4.10. The van der Waals surface area contributed by atoms with Gasteiger partial charge in [-0.1, -0.05) is 43.3 Å². The highest BCUT2D eigenvalue weighted by Gasteiger charge is 2.19. The van der Waals surface area contributed by atoms with Crippen LogP contribution in [0.1, 0.15) is 38.2 Å². The van der Waals surface area contributed by atoms with Crippen molar-refractivity contribution in [3.05, 3.63) is 48.6 Å². The second kappa shape index (κ2) is 8.47. The van der Waals surface area contributed by atoms with Crippen molar-refractivity contribution in [3.8, 4) is 0 Å². The molecule has 0 N–H and O–H groups in total. The van der Waals surface area contributed by atoms with Gasteiger partial charge in [-0.15, -0.1) is 6.58 Å². The molecule has 19 heavy (non-hydrogen) atoms. The van der Waals surface area contributed by atoms with Crippen molar-refractivity contribution < 1.29 is 0 Å². The molecule has 0 amide bonds. The zero-order chi connectivity index (χ0) is 14.1. The van der Waals surface area contributed by atoms with Crippen LogP contribution in [0.3, 0.4) is 0 Å². The van der Waals surface area contributed by atoms with Crippen LogP contribution >= 0.6 is 10.0 Å². The van der Waals surface area contributed by atoms with E-state index in [2.05, 4.69) is 56.3 Å². The van der Waals surface area contributed by atoms with E-state index in [1.165, 1.54) is 43.4 Å². The van der Waals surface area contributed by atoms with Gasteiger partial charge in [0.2, 0.25) is 0 Å². The molecule has 1 unspecified atom stereocenters. The van der Waals surface area contributed by atoms with E-state index in [9.17, 15) is 0 Å². The van der Waals surface area contributed by atoms with Gasteiger partial charge in [-0.3, -0.25) is 0 Å². The smallest absolute Gasteiger partial charge is 0.0142 e. The molecule has 1 aromatic carbocycles. The number of aryl methyl sites for hydroxylation is 1. The van der Waals surface area contributed by atoms with Crippen molar-refractivity contribution in [1.82, 2.24) is 0 Å². The average Bonchev–Trinajstić information content (AvgIpc) is 2.42. The maximum Gasteiger partial charge on any atom is -0.0142 e. The molecule has 0 aliphatic heterocycles. The minimum Gasteiger partial charge on any atom is -0.244 e. The molecule has 1 atom stereocenters. The summed E-state index contributed by atoms with van der Waals surface area (Å²) < 4.78 is 0. The molecular weight excluding hydrogens is 248 g/mol. The van der Waals surface area contributed by atoms with E-state index in [1.54, 1.807) is 0 Å². The Balaban J connectivity index is 2.34. The Morgan fingerprint density at radius 2 is 1.84 bits per heavy atom. The van der Waals surface area contributed by atoms with Crippen LogP contribution < -0.4 is 0 Å². The van der Waals surface area contributed by atoms with Crippen LogP contribution in [0.15, 0.2) is 43.0 Å². The highest BCUT2D eigenvalue weighted by molar-refractivity contribution is 8.33. The predicted molar refractivity (Wildman–Crippen MR) is 92.6 cm³/mol. The van der Waals surface area contributed by atoms with Crippen LogP contribution in [0.4, 0.5) is 0 Å². The molecule has 1 rings (SSSR count). The third kappa shape index (κ3) is 6.33. The van der Waals surface area contributed by atoms with Crippen molar-refractivity contribution in [2.45, 2.75) is 44.3 Å². The largest absolute Gasteiger partial charge is 0.244 e. The number of hydrogen-bond acceptors (Lipinski definition) is 0. The maximum atomic E-state index is 3.80. The Labute approximate surface area is 121 Å². The molecule has 0 heterocycles. The molecule has 0 nitrogen and oxygen atoms in total. The van der Waals surface area contributed by atoms with Gasteiger partial charge in [0.15, 0.2) is 0 Å². The molecule has 0 aliphatic carbocycles. The number of rotatable bonds is 9. The SMILES string of the molecule is C=CCCCCS(C)(C)C(C)CCc1ccccc1. The Bertz CT molecular complexity index is 353. The average molecular weight is 279 g/mol. The first kappa shape index (κ1) is 16.4. The molecule has 1 heteroatoms. The quantitative estimate of drug-likeness (QED) is 0.417.